The van der Waals surface area contributed by atoms with Gasteiger partial charge in [0, 0.05) is 38.4 Å². The van der Waals surface area contributed by atoms with E-state index >= 15 is 0 Å². The molecule has 1 atom stereocenters. The molecule has 0 bridgehead atoms. The van der Waals surface area contributed by atoms with Gasteiger partial charge in [-0.25, -0.2) is 0 Å². The van der Waals surface area contributed by atoms with Crippen LogP contribution in [0.4, 0.5) is 0 Å². The Bertz CT molecular complexity index is 431. The molecule has 0 aliphatic carbocycles. The number of aliphatic hydroxyl groups excluding tert-OH is 1. The molecule has 0 amide bonds. The van der Waals surface area contributed by atoms with Crippen molar-refractivity contribution in [1.82, 2.24) is 9.88 Å². The number of nitriles is 1. The minimum atomic E-state index is -1.03. The zero-order valence-electron chi connectivity index (χ0n) is 10.6. The van der Waals surface area contributed by atoms with Crippen molar-refractivity contribution in [3.63, 3.8) is 0 Å². The number of aromatic nitrogens is 1. The van der Waals surface area contributed by atoms with Crippen molar-refractivity contribution < 1.29 is 15.0 Å². The van der Waals surface area contributed by atoms with E-state index in [0.29, 0.717) is 19.5 Å². The minimum Gasteiger partial charge on any atom is -0.481 e. The van der Waals surface area contributed by atoms with Crippen LogP contribution in [0.5, 0.6) is 0 Å². The first-order valence-corrected chi connectivity index (χ1v) is 6.00. The maximum absolute atomic E-state index is 10.5. The van der Waals surface area contributed by atoms with Crippen LogP contribution in [0.15, 0.2) is 24.5 Å². The fourth-order valence-corrected chi connectivity index (χ4v) is 1.76. The van der Waals surface area contributed by atoms with Gasteiger partial charge in [-0.2, -0.15) is 5.26 Å². The number of hydrogen-bond donors (Lipinski definition) is 2. The van der Waals surface area contributed by atoms with Gasteiger partial charge in [-0.1, -0.05) is 6.07 Å². The molecular formula is C13H17N3O3. The van der Waals surface area contributed by atoms with Gasteiger partial charge in [-0.15, -0.1) is 0 Å². The van der Waals surface area contributed by atoms with Gasteiger partial charge in [0.15, 0.2) is 0 Å². The summed E-state index contributed by atoms with van der Waals surface area (Å²) in [5.74, 6) is -1.03. The normalized spacial score (nSPS) is 12.1. The number of carbonyl (C=O) groups is 1. The standard InChI is InChI=1S/C13H17N3O3/c14-4-2-6-16(10-12(17)7-13(18)19)9-11-3-1-5-15-8-11/h1,3,5,8,12,17H,2,6-7,9-10H2,(H,18,19). The van der Waals surface area contributed by atoms with E-state index in [0.717, 1.165) is 5.56 Å². The highest BCUT2D eigenvalue weighted by Gasteiger charge is 2.15. The first-order valence-electron chi connectivity index (χ1n) is 6.00. The lowest BCUT2D eigenvalue weighted by Gasteiger charge is -2.23. The summed E-state index contributed by atoms with van der Waals surface area (Å²) in [5, 5.41) is 26.9. The number of nitrogens with zero attached hydrogens (tertiary/aromatic N) is 3. The first-order chi connectivity index (χ1) is 9.11. The van der Waals surface area contributed by atoms with Crippen molar-refractivity contribution in [2.24, 2.45) is 0 Å². The molecule has 0 aliphatic rings. The zero-order valence-corrected chi connectivity index (χ0v) is 10.6. The Balaban J connectivity index is 2.56. The number of pyridine rings is 1. The molecule has 0 aliphatic heterocycles. The van der Waals surface area contributed by atoms with Crippen LogP contribution in [-0.2, 0) is 11.3 Å². The van der Waals surface area contributed by atoms with Crippen molar-refractivity contribution in [3.05, 3.63) is 30.1 Å². The minimum absolute atomic E-state index is 0.225. The molecule has 6 nitrogen and oxygen atoms in total. The lowest BCUT2D eigenvalue weighted by molar-refractivity contribution is -0.139. The molecule has 0 saturated heterocycles. The van der Waals surface area contributed by atoms with Gasteiger partial charge >= 0.3 is 5.97 Å². The third-order valence-corrected chi connectivity index (χ3v) is 2.55. The Morgan fingerprint density at radius 2 is 2.37 bits per heavy atom. The van der Waals surface area contributed by atoms with E-state index in [1.165, 1.54) is 0 Å². The molecule has 1 aromatic heterocycles. The smallest absolute Gasteiger partial charge is 0.306 e. The SMILES string of the molecule is N#CCCN(Cc1cccnc1)CC(O)CC(=O)O. The van der Waals surface area contributed by atoms with Crippen LogP contribution in [0.2, 0.25) is 0 Å². The molecule has 0 radical (unpaired) electrons. The summed E-state index contributed by atoms with van der Waals surface area (Å²) >= 11 is 0. The van der Waals surface area contributed by atoms with Crippen LogP contribution in [0.3, 0.4) is 0 Å². The molecule has 1 aromatic rings. The number of carboxylic acid groups (broad SMARTS) is 1. The van der Waals surface area contributed by atoms with Crippen LogP contribution in [0.1, 0.15) is 18.4 Å². The summed E-state index contributed by atoms with van der Waals surface area (Å²) in [5.41, 5.74) is 0.961. The monoisotopic (exact) mass is 263 g/mol. The van der Waals surface area contributed by atoms with Crippen molar-refractivity contribution in [2.75, 3.05) is 13.1 Å². The molecule has 1 heterocycles. The van der Waals surface area contributed by atoms with E-state index in [1.807, 2.05) is 23.1 Å². The van der Waals surface area contributed by atoms with Crippen LogP contribution in [0.25, 0.3) is 0 Å². The molecule has 6 heteroatoms. The Kier molecular flexibility index (Phi) is 6.50. The second kappa shape index (κ2) is 8.19. The Morgan fingerprint density at radius 1 is 1.58 bits per heavy atom. The molecule has 0 saturated carbocycles. The fraction of sp³-hybridized carbons (Fsp3) is 0.462. The highest BCUT2D eigenvalue weighted by molar-refractivity contribution is 5.67. The molecule has 102 valence electrons. The second-order valence-corrected chi connectivity index (χ2v) is 4.26. The lowest BCUT2D eigenvalue weighted by Crippen LogP contribution is -2.34. The quantitative estimate of drug-likeness (QED) is 0.714. The van der Waals surface area contributed by atoms with E-state index < -0.39 is 12.1 Å². The van der Waals surface area contributed by atoms with Crippen molar-refractivity contribution in [1.29, 1.82) is 5.26 Å². The average Bonchev–Trinajstić information content (AvgIpc) is 2.36. The van der Waals surface area contributed by atoms with E-state index in [-0.39, 0.29) is 13.0 Å². The molecule has 0 aromatic carbocycles. The summed E-state index contributed by atoms with van der Waals surface area (Å²) in [7, 11) is 0. The molecule has 19 heavy (non-hydrogen) atoms. The molecule has 1 unspecified atom stereocenters. The maximum Gasteiger partial charge on any atom is 0.306 e. The largest absolute Gasteiger partial charge is 0.481 e. The van der Waals surface area contributed by atoms with Crippen LogP contribution >= 0.6 is 0 Å². The summed E-state index contributed by atoms with van der Waals surface area (Å²) in [6.07, 6.45) is 2.48. The number of aliphatic carboxylic acids is 1. The Morgan fingerprint density at radius 3 is 2.95 bits per heavy atom. The first kappa shape index (κ1) is 15.1. The van der Waals surface area contributed by atoms with Gasteiger partial charge < -0.3 is 10.2 Å². The van der Waals surface area contributed by atoms with Gasteiger partial charge in [0.2, 0.25) is 0 Å². The third-order valence-electron chi connectivity index (χ3n) is 2.55. The number of hydrogen-bond acceptors (Lipinski definition) is 5. The molecule has 2 N–H and O–H groups in total. The third kappa shape index (κ3) is 6.50. The maximum atomic E-state index is 10.5. The van der Waals surface area contributed by atoms with Gasteiger partial charge in [0.1, 0.15) is 0 Å². The zero-order chi connectivity index (χ0) is 14.1. The molecule has 1 rings (SSSR count). The second-order valence-electron chi connectivity index (χ2n) is 4.26. The van der Waals surface area contributed by atoms with Crippen LogP contribution < -0.4 is 0 Å². The van der Waals surface area contributed by atoms with Gasteiger partial charge in [0.05, 0.1) is 18.6 Å². The number of rotatable bonds is 8. The fourth-order valence-electron chi connectivity index (χ4n) is 1.76. The summed E-state index contributed by atoms with van der Waals surface area (Å²) in [6.45, 7) is 1.25. The van der Waals surface area contributed by atoms with E-state index in [4.69, 9.17) is 10.4 Å². The predicted octanol–water partition coefficient (Wildman–Crippen LogP) is 0.633. The van der Waals surface area contributed by atoms with Crippen LogP contribution in [0, 0.1) is 11.3 Å². The van der Waals surface area contributed by atoms with Crippen molar-refractivity contribution in [2.45, 2.75) is 25.5 Å². The average molecular weight is 263 g/mol. The Hall–Kier alpha value is -1.97. The van der Waals surface area contributed by atoms with Gasteiger partial charge in [-0.05, 0) is 11.6 Å². The van der Waals surface area contributed by atoms with E-state index in [1.54, 1.807) is 12.4 Å². The van der Waals surface area contributed by atoms with Crippen molar-refractivity contribution >= 4 is 5.97 Å². The summed E-state index contributed by atoms with van der Waals surface area (Å²) in [6, 6.07) is 5.75. The Labute approximate surface area is 111 Å². The highest BCUT2D eigenvalue weighted by atomic mass is 16.4. The topological polar surface area (TPSA) is 97.5 Å². The number of carboxylic acids is 1. The van der Waals surface area contributed by atoms with Gasteiger partial charge in [0.25, 0.3) is 0 Å². The predicted molar refractivity (Wildman–Crippen MR) is 68.0 cm³/mol. The summed E-state index contributed by atoms with van der Waals surface area (Å²) in [4.78, 5) is 16.4. The van der Waals surface area contributed by atoms with Crippen LogP contribution in [-0.4, -0.2) is 45.3 Å². The highest BCUT2D eigenvalue weighted by Crippen LogP contribution is 2.06. The lowest BCUT2D eigenvalue weighted by atomic mass is 10.2. The van der Waals surface area contributed by atoms with E-state index in [9.17, 15) is 9.90 Å². The number of aliphatic hydroxyl groups is 1. The van der Waals surface area contributed by atoms with Gasteiger partial charge in [-0.3, -0.25) is 14.7 Å². The summed E-state index contributed by atoms with van der Waals surface area (Å²) < 4.78 is 0. The van der Waals surface area contributed by atoms with E-state index in [2.05, 4.69) is 4.98 Å². The molecular weight excluding hydrogens is 246 g/mol. The molecule has 0 fully saturated rings. The molecule has 0 spiro atoms. The van der Waals surface area contributed by atoms with Crippen molar-refractivity contribution in [3.8, 4) is 6.07 Å².